The zero-order valence-corrected chi connectivity index (χ0v) is 16.3. The van der Waals surface area contributed by atoms with E-state index in [0.29, 0.717) is 13.1 Å². The lowest BCUT2D eigenvalue weighted by Crippen LogP contribution is -2.37. The molecule has 1 heterocycles. The van der Waals surface area contributed by atoms with Crippen molar-refractivity contribution in [2.24, 2.45) is 4.99 Å². The molecule has 0 aliphatic rings. The summed E-state index contributed by atoms with van der Waals surface area (Å²) in [6, 6.07) is 14.5. The van der Waals surface area contributed by atoms with Gasteiger partial charge >= 0.3 is 0 Å². The van der Waals surface area contributed by atoms with Crippen molar-refractivity contribution in [1.82, 2.24) is 15.6 Å². The van der Waals surface area contributed by atoms with E-state index in [1.54, 1.807) is 0 Å². The molecule has 0 bridgehead atoms. The molecule has 0 unspecified atom stereocenters. The van der Waals surface area contributed by atoms with Gasteiger partial charge in [-0.2, -0.15) is 0 Å². The highest BCUT2D eigenvalue weighted by atomic mass is 127. The van der Waals surface area contributed by atoms with Crippen LogP contribution in [0.25, 0.3) is 0 Å². The number of aliphatic imine (C=N–C) groups is 1. The molecule has 2 rings (SSSR count). The van der Waals surface area contributed by atoms with Crippen molar-refractivity contribution < 1.29 is 0 Å². The van der Waals surface area contributed by atoms with Crippen molar-refractivity contribution in [1.29, 1.82) is 0 Å². The molecule has 1 aromatic heterocycles. The maximum absolute atomic E-state index is 4.63. The molecule has 4 nitrogen and oxygen atoms in total. The molecule has 23 heavy (non-hydrogen) atoms. The minimum absolute atomic E-state index is 0. The molecule has 0 saturated carbocycles. The molecule has 0 amide bonds. The molecule has 5 heteroatoms. The number of hydrogen-bond acceptors (Lipinski definition) is 2. The van der Waals surface area contributed by atoms with E-state index in [9.17, 15) is 0 Å². The molecule has 0 spiro atoms. The number of nitrogens with zero attached hydrogens (tertiary/aromatic N) is 2. The van der Waals surface area contributed by atoms with Crippen LogP contribution < -0.4 is 10.6 Å². The molecular formula is C18H25IN4. The Labute approximate surface area is 155 Å². The maximum Gasteiger partial charge on any atom is 0.191 e. The number of halogens is 1. The van der Waals surface area contributed by atoms with Gasteiger partial charge < -0.3 is 10.6 Å². The lowest BCUT2D eigenvalue weighted by atomic mass is 10.1. The summed E-state index contributed by atoms with van der Waals surface area (Å²) in [6.07, 6.45) is 0. The van der Waals surface area contributed by atoms with E-state index in [1.165, 1.54) is 11.1 Å². The van der Waals surface area contributed by atoms with Gasteiger partial charge in [0.15, 0.2) is 5.96 Å². The van der Waals surface area contributed by atoms with Crippen molar-refractivity contribution in [2.45, 2.75) is 33.9 Å². The Morgan fingerprint density at radius 2 is 1.87 bits per heavy atom. The van der Waals surface area contributed by atoms with Crippen LogP contribution in [0.1, 0.15) is 29.4 Å². The second-order valence-corrected chi connectivity index (χ2v) is 5.31. The average Bonchev–Trinajstić information content (AvgIpc) is 2.50. The summed E-state index contributed by atoms with van der Waals surface area (Å²) in [7, 11) is 0. The highest BCUT2D eigenvalue weighted by molar-refractivity contribution is 14.0. The number of nitrogens with one attached hydrogen (secondary N) is 2. The van der Waals surface area contributed by atoms with Gasteiger partial charge in [-0.05, 0) is 38.5 Å². The Morgan fingerprint density at radius 3 is 2.57 bits per heavy atom. The van der Waals surface area contributed by atoms with E-state index >= 15 is 0 Å². The van der Waals surface area contributed by atoms with Crippen molar-refractivity contribution in [2.75, 3.05) is 6.54 Å². The van der Waals surface area contributed by atoms with E-state index in [4.69, 9.17) is 0 Å². The number of aromatic nitrogens is 1. The first-order valence-electron chi connectivity index (χ1n) is 7.67. The fourth-order valence-electron chi connectivity index (χ4n) is 2.19. The Bertz CT molecular complexity index is 640. The molecule has 0 aliphatic heterocycles. The first-order chi connectivity index (χ1) is 10.7. The van der Waals surface area contributed by atoms with E-state index in [0.717, 1.165) is 23.9 Å². The molecule has 0 saturated heterocycles. The van der Waals surface area contributed by atoms with E-state index in [-0.39, 0.29) is 24.0 Å². The van der Waals surface area contributed by atoms with Gasteiger partial charge in [0.1, 0.15) is 0 Å². The highest BCUT2D eigenvalue weighted by Gasteiger charge is 2.00. The first kappa shape index (κ1) is 19.4. The Morgan fingerprint density at radius 1 is 1.09 bits per heavy atom. The minimum Gasteiger partial charge on any atom is -0.357 e. The van der Waals surface area contributed by atoms with Gasteiger partial charge in [0, 0.05) is 12.2 Å². The molecule has 0 atom stereocenters. The smallest absolute Gasteiger partial charge is 0.191 e. The predicted octanol–water partition coefficient (Wildman–Crippen LogP) is 3.57. The summed E-state index contributed by atoms with van der Waals surface area (Å²) in [5.41, 5.74) is 4.52. The Hall–Kier alpha value is -1.63. The normalized spacial score (nSPS) is 10.8. The van der Waals surface area contributed by atoms with Crippen LogP contribution in [-0.4, -0.2) is 17.5 Å². The summed E-state index contributed by atoms with van der Waals surface area (Å²) in [5, 5.41) is 6.59. The van der Waals surface area contributed by atoms with Crippen LogP contribution in [0.15, 0.2) is 47.5 Å². The lowest BCUT2D eigenvalue weighted by molar-refractivity contribution is 0.796. The molecule has 2 aromatic rings. The first-order valence-corrected chi connectivity index (χ1v) is 7.67. The molecule has 1 aromatic carbocycles. The third-order valence-electron chi connectivity index (χ3n) is 3.23. The van der Waals surface area contributed by atoms with Gasteiger partial charge in [0.05, 0.1) is 18.8 Å². The quantitative estimate of drug-likeness (QED) is 0.439. The third kappa shape index (κ3) is 6.99. The lowest BCUT2D eigenvalue weighted by Gasteiger charge is -2.11. The summed E-state index contributed by atoms with van der Waals surface area (Å²) >= 11 is 0. The number of pyridine rings is 1. The minimum atomic E-state index is 0. The number of guanidine groups is 1. The van der Waals surface area contributed by atoms with Crippen molar-refractivity contribution in [3.05, 3.63) is 65.0 Å². The van der Waals surface area contributed by atoms with Crippen molar-refractivity contribution in [3.8, 4) is 0 Å². The van der Waals surface area contributed by atoms with Crippen molar-refractivity contribution >= 4 is 29.9 Å². The number of hydrogen-bond donors (Lipinski definition) is 2. The van der Waals surface area contributed by atoms with Crippen LogP contribution in [0.2, 0.25) is 0 Å². The summed E-state index contributed by atoms with van der Waals surface area (Å²) in [5.74, 6) is 0.812. The number of rotatable bonds is 5. The van der Waals surface area contributed by atoms with Crippen LogP contribution in [0, 0.1) is 13.8 Å². The van der Waals surface area contributed by atoms with E-state index in [1.807, 2.05) is 25.1 Å². The Kier molecular flexibility index (Phi) is 8.61. The standard InChI is InChI=1S/C18H24N4.HI/c1-4-19-18(20-12-16-9-5-7-14(2)11-16)21-13-17-10-6-8-15(3)22-17;/h5-11H,4,12-13H2,1-3H3,(H2,19,20,21);1H. The van der Waals surface area contributed by atoms with Gasteiger partial charge in [-0.25, -0.2) is 4.99 Å². The largest absolute Gasteiger partial charge is 0.357 e. The highest BCUT2D eigenvalue weighted by Crippen LogP contribution is 2.05. The third-order valence-corrected chi connectivity index (χ3v) is 3.23. The molecule has 124 valence electrons. The number of aryl methyl sites for hydroxylation is 2. The SMILES string of the molecule is CCNC(=NCc1cccc(C)c1)NCc1cccc(C)n1.I. The van der Waals surface area contributed by atoms with Crippen LogP contribution >= 0.6 is 24.0 Å². The fraction of sp³-hybridized carbons (Fsp3) is 0.333. The fourth-order valence-corrected chi connectivity index (χ4v) is 2.19. The van der Waals surface area contributed by atoms with Crippen LogP contribution in [0.4, 0.5) is 0 Å². The van der Waals surface area contributed by atoms with Crippen LogP contribution in [0.3, 0.4) is 0 Å². The second-order valence-electron chi connectivity index (χ2n) is 5.31. The van der Waals surface area contributed by atoms with E-state index < -0.39 is 0 Å². The number of benzene rings is 1. The zero-order valence-electron chi connectivity index (χ0n) is 14.0. The Balaban J connectivity index is 0.00000264. The van der Waals surface area contributed by atoms with Gasteiger partial charge in [-0.1, -0.05) is 35.9 Å². The molecule has 0 radical (unpaired) electrons. The topological polar surface area (TPSA) is 49.3 Å². The van der Waals surface area contributed by atoms with Crippen LogP contribution in [0.5, 0.6) is 0 Å². The molecule has 2 N–H and O–H groups in total. The van der Waals surface area contributed by atoms with Gasteiger partial charge in [-0.3, -0.25) is 4.98 Å². The maximum atomic E-state index is 4.63. The summed E-state index contributed by atoms with van der Waals surface area (Å²) in [6.45, 7) is 8.33. The predicted molar refractivity (Wildman–Crippen MR) is 107 cm³/mol. The average molecular weight is 424 g/mol. The monoisotopic (exact) mass is 424 g/mol. The van der Waals surface area contributed by atoms with Gasteiger partial charge in [0.25, 0.3) is 0 Å². The second kappa shape index (κ2) is 10.2. The summed E-state index contributed by atoms with van der Waals surface area (Å²) < 4.78 is 0. The molecule has 0 aliphatic carbocycles. The summed E-state index contributed by atoms with van der Waals surface area (Å²) in [4.78, 5) is 9.12. The van der Waals surface area contributed by atoms with Gasteiger partial charge in [0.2, 0.25) is 0 Å². The zero-order chi connectivity index (χ0) is 15.8. The van der Waals surface area contributed by atoms with Crippen molar-refractivity contribution in [3.63, 3.8) is 0 Å². The van der Waals surface area contributed by atoms with Gasteiger partial charge in [-0.15, -0.1) is 24.0 Å². The molecular weight excluding hydrogens is 399 g/mol. The van der Waals surface area contributed by atoms with E-state index in [2.05, 4.69) is 58.7 Å². The molecule has 0 fully saturated rings. The van der Waals surface area contributed by atoms with Crippen LogP contribution in [-0.2, 0) is 13.1 Å².